The number of carbonyl (C=O) groups excluding carboxylic acids is 1. The van der Waals surface area contributed by atoms with Gasteiger partial charge in [0, 0.05) is 19.1 Å². The minimum absolute atomic E-state index is 0.0195. The molecule has 0 spiro atoms. The summed E-state index contributed by atoms with van der Waals surface area (Å²) in [5.74, 6) is 0.518. The van der Waals surface area contributed by atoms with Gasteiger partial charge in [-0.15, -0.1) is 0 Å². The normalized spacial score (nSPS) is 26.7. The van der Waals surface area contributed by atoms with Crippen molar-refractivity contribution in [3.05, 3.63) is 24.2 Å². The third-order valence-electron chi connectivity index (χ3n) is 3.07. The number of amides is 1. The first-order chi connectivity index (χ1) is 7.18. The van der Waals surface area contributed by atoms with Gasteiger partial charge in [0.25, 0.3) is 5.91 Å². The lowest BCUT2D eigenvalue weighted by molar-refractivity contribution is 0.0671. The molecular weight excluding hydrogens is 192 g/mol. The van der Waals surface area contributed by atoms with Crippen LogP contribution in [0.1, 0.15) is 23.7 Å². The van der Waals surface area contributed by atoms with Crippen LogP contribution in [0.4, 0.5) is 0 Å². The van der Waals surface area contributed by atoms with Crippen molar-refractivity contribution in [2.75, 3.05) is 13.1 Å². The van der Waals surface area contributed by atoms with Crippen LogP contribution in [-0.4, -0.2) is 29.9 Å². The van der Waals surface area contributed by atoms with Crippen molar-refractivity contribution in [2.24, 2.45) is 11.7 Å². The standard InChI is InChI=1S/C11H16N2O2/c1-8-2-4-13(6-10(8)12)11(14)9-3-5-15-7-9/h3,5,7-8,10H,2,4,6,12H2,1H3. The lowest BCUT2D eigenvalue weighted by atomic mass is 9.94. The van der Waals surface area contributed by atoms with Gasteiger partial charge in [0.05, 0.1) is 11.8 Å². The number of nitrogens with zero attached hydrogens (tertiary/aromatic N) is 1. The van der Waals surface area contributed by atoms with Crippen molar-refractivity contribution in [1.82, 2.24) is 4.90 Å². The van der Waals surface area contributed by atoms with Crippen molar-refractivity contribution in [3.8, 4) is 0 Å². The topological polar surface area (TPSA) is 59.5 Å². The van der Waals surface area contributed by atoms with Crippen molar-refractivity contribution in [2.45, 2.75) is 19.4 Å². The zero-order valence-electron chi connectivity index (χ0n) is 8.85. The molecule has 1 saturated heterocycles. The molecule has 0 radical (unpaired) electrons. The van der Waals surface area contributed by atoms with Crippen LogP contribution in [-0.2, 0) is 0 Å². The molecule has 2 heterocycles. The summed E-state index contributed by atoms with van der Waals surface area (Å²) in [7, 11) is 0. The predicted octanol–water partition coefficient (Wildman–Crippen LogP) is 1.09. The molecule has 15 heavy (non-hydrogen) atoms. The Morgan fingerprint density at radius 2 is 2.47 bits per heavy atom. The maximum atomic E-state index is 11.9. The maximum absolute atomic E-state index is 11.9. The van der Waals surface area contributed by atoms with Gasteiger partial charge in [-0.05, 0) is 18.4 Å². The molecule has 2 rings (SSSR count). The van der Waals surface area contributed by atoms with Crippen LogP contribution in [0.25, 0.3) is 0 Å². The van der Waals surface area contributed by atoms with E-state index in [2.05, 4.69) is 6.92 Å². The molecular formula is C11H16N2O2. The van der Waals surface area contributed by atoms with E-state index < -0.39 is 0 Å². The van der Waals surface area contributed by atoms with Crippen molar-refractivity contribution < 1.29 is 9.21 Å². The Balaban J connectivity index is 2.03. The van der Waals surface area contributed by atoms with Crippen LogP contribution in [0.15, 0.2) is 23.0 Å². The molecule has 1 aromatic rings. The number of rotatable bonds is 1. The molecule has 4 heteroatoms. The van der Waals surface area contributed by atoms with E-state index in [1.165, 1.54) is 12.5 Å². The number of hydrogen-bond donors (Lipinski definition) is 1. The molecule has 4 nitrogen and oxygen atoms in total. The fraction of sp³-hybridized carbons (Fsp3) is 0.545. The molecule has 2 unspecified atom stereocenters. The lowest BCUT2D eigenvalue weighted by Gasteiger charge is -2.34. The van der Waals surface area contributed by atoms with Gasteiger partial charge in [0.1, 0.15) is 6.26 Å². The van der Waals surface area contributed by atoms with Crippen LogP contribution in [0, 0.1) is 5.92 Å². The first-order valence-electron chi connectivity index (χ1n) is 5.25. The van der Waals surface area contributed by atoms with Crippen molar-refractivity contribution in [3.63, 3.8) is 0 Å². The zero-order chi connectivity index (χ0) is 10.8. The Bertz CT molecular complexity index is 334. The molecule has 1 aliphatic heterocycles. The summed E-state index contributed by atoms with van der Waals surface area (Å²) in [6, 6.07) is 1.78. The van der Waals surface area contributed by atoms with E-state index in [4.69, 9.17) is 10.2 Å². The van der Waals surface area contributed by atoms with Crippen molar-refractivity contribution in [1.29, 1.82) is 0 Å². The minimum atomic E-state index is 0.0195. The molecule has 0 saturated carbocycles. The van der Waals surface area contributed by atoms with Crippen LogP contribution in [0.5, 0.6) is 0 Å². The molecule has 1 amide bonds. The molecule has 1 fully saturated rings. The zero-order valence-corrected chi connectivity index (χ0v) is 8.85. The summed E-state index contributed by atoms with van der Waals surface area (Å²) in [6.45, 7) is 3.56. The number of furan rings is 1. The highest BCUT2D eigenvalue weighted by Crippen LogP contribution is 2.17. The predicted molar refractivity (Wildman–Crippen MR) is 56.4 cm³/mol. The van der Waals surface area contributed by atoms with Gasteiger partial charge in [-0.2, -0.15) is 0 Å². The summed E-state index contributed by atoms with van der Waals surface area (Å²) in [5, 5.41) is 0. The second-order valence-corrected chi connectivity index (χ2v) is 4.19. The Kier molecular flexibility index (Phi) is 2.77. The molecule has 0 aromatic carbocycles. The summed E-state index contributed by atoms with van der Waals surface area (Å²) < 4.78 is 4.90. The fourth-order valence-corrected chi connectivity index (χ4v) is 1.85. The summed E-state index contributed by atoms with van der Waals surface area (Å²) in [6.07, 6.45) is 3.97. The smallest absolute Gasteiger partial charge is 0.257 e. The van der Waals surface area contributed by atoms with Crippen LogP contribution >= 0.6 is 0 Å². The van der Waals surface area contributed by atoms with Gasteiger partial charge in [-0.3, -0.25) is 4.79 Å². The average Bonchev–Trinajstić information content (AvgIpc) is 2.74. The number of likely N-dealkylation sites (tertiary alicyclic amines) is 1. The van der Waals surface area contributed by atoms with Crippen LogP contribution in [0.2, 0.25) is 0 Å². The number of nitrogens with two attached hydrogens (primary N) is 1. The van der Waals surface area contributed by atoms with Gasteiger partial charge < -0.3 is 15.1 Å². The van der Waals surface area contributed by atoms with Gasteiger partial charge >= 0.3 is 0 Å². The summed E-state index contributed by atoms with van der Waals surface area (Å²) >= 11 is 0. The highest BCUT2D eigenvalue weighted by atomic mass is 16.3. The third kappa shape index (κ3) is 2.04. The second kappa shape index (κ2) is 4.06. The number of carbonyl (C=O) groups is 1. The van der Waals surface area contributed by atoms with E-state index in [9.17, 15) is 4.79 Å². The maximum Gasteiger partial charge on any atom is 0.257 e. The SMILES string of the molecule is CC1CCN(C(=O)c2ccoc2)CC1N. The Morgan fingerprint density at radius 3 is 3.07 bits per heavy atom. The summed E-state index contributed by atoms with van der Waals surface area (Å²) in [5.41, 5.74) is 6.55. The Labute approximate surface area is 89.0 Å². The first-order valence-corrected chi connectivity index (χ1v) is 5.25. The van der Waals surface area contributed by atoms with Crippen LogP contribution < -0.4 is 5.73 Å². The largest absolute Gasteiger partial charge is 0.472 e. The van der Waals surface area contributed by atoms with Crippen LogP contribution in [0.3, 0.4) is 0 Å². The van der Waals surface area contributed by atoms with Gasteiger partial charge in [-0.25, -0.2) is 0 Å². The molecule has 2 N–H and O–H groups in total. The molecule has 1 aromatic heterocycles. The Hall–Kier alpha value is -1.29. The third-order valence-corrected chi connectivity index (χ3v) is 3.07. The molecule has 1 aliphatic rings. The quantitative estimate of drug-likeness (QED) is 0.751. The van der Waals surface area contributed by atoms with E-state index in [0.29, 0.717) is 18.0 Å². The monoisotopic (exact) mass is 208 g/mol. The number of piperidine rings is 1. The average molecular weight is 208 g/mol. The first kappa shape index (κ1) is 10.2. The molecule has 82 valence electrons. The van der Waals surface area contributed by atoms with Gasteiger partial charge in [0.2, 0.25) is 0 Å². The minimum Gasteiger partial charge on any atom is -0.472 e. The van der Waals surface area contributed by atoms with Gasteiger partial charge in [0.15, 0.2) is 0 Å². The van der Waals surface area contributed by atoms with E-state index in [-0.39, 0.29) is 11.9 Å². The lowest BCUT2D eigenvalue weighted by Crippen LogP contribution is -2.49. The molecule has 2 atom stereocenters. The summed E-state index contributed by atoms with van der Waals surface area (Å²) in [4.78, 5) is 13.7. The van der Waals surface area contributed by atoms with E-state index >= 15 is 0 Å². The van der Waals surface area contributed by atoms with E-state index in [0.717, 1.165) is 13.0 Å². The molecule has 0 aliphatic carbocycles. The van der Waals surface area contributed by atoms with Gasteiger partial charge in [-0.1, -0.05) is 6.92 Å². The van der Waals surface area contributed by atoms with E-state index in [1.807, 2.05) is 0 Å². The number of hydrogen-bond acceptors (Lipinski definition) is 3. The molecule has 0 bridgehead atoms. The second-order valence-electron chi connectivity index (χ2n) is 4.19. The highest BCUT2D eigenvalue weighted by molar-refractivity contribution is 5.93. The van der Waals surface area contributed by atoms with Crippen molar-refractivity contribution >= 4 is 5.91 Å². The van der Waals surface area contributed by atoms with E-state index in [1.54, 1.807) is 11.0 Å². The fourth-order valence-electron chi connectivity index (χ4n) is 1.85. The Morgan fingerprint density at radius 1 is 1.67 bits per heavy atom. The highest BCUT2D eigenvalue weighted by Gasteiger charge is 2.27.